The highest BCUT2D eigenvalue weighted by Crippen LogP contribution is 2.41. The number of hydrogen-bond acceptors (Lipinski definition) is 2. The number of hydrogen-bond donors (Lipinski definition) is 1. The molecule has 8 aromatic carbocycles. The summed E-state index contributed by atoms with van der Waals surface area (Å²) in [6.45, 7) is 0. The molecule has 0 aliphatic heterocycles. The van der Waals surface area contributed by atoms with Gasteiger partial charge in [0.25, 0.3) is 0 Å². The van der Waals surface area contributed by atoms with Crippen LogP contribution in [0.2, 0.25) is 0 Å². The maximum atomic E-state index is 6.89. The summed E-state index contributed by atoms with van der Waals surface area (Å²) in [5.41, 5.74) is 25.1. The monoisotopic (exact) mass is 690 g/mol. The van der Waals surface area contributed by atoms with Crippen molar-refractivity contribution in [3.8, 4) is 39.1 Å². The zero-order chi connectivity index (χ0) is 35.8. The standard InChI is InChI=1S/C51H34N2O/c52-47(31-37-12-9-18-41-40-16-5-4-10-36(40)30-43(37)41)38-13-8-11-32(26-38)33-20-23-48-44(27-33)45-28-34(21-24-49(45)53(48)39-14-2-1-3-15-39)35-22-25-51-46(29-35)42-17-6-7-19-50(42)54-51/h1-29,31H,30,52H2/b47-31-. The van der Waals surface area contributed by atoms with E-state index in [4.69, 9.17) is 10.2 Å². The van der Waals surface area contributed by atoms with Crippen LogP contribution in [0.3, 0.4) is 0 Å². The molecule has 0 radical (unpaired) electrons. The second kappa shape index (κ2) is 12.0. The van der Waals surface area contributed by atoms with Gasteiger partial charge in [0.1, 0.15) is 11.2 Å². The maximum absolute atomic E-state index is 6.89. The molecule has 254 valence electrons. The lowest BCUT2D eigenvalue weighted by atomic mass is 9.97. The Kier molecular flexibility index (Phi) is 6.77. The van der Waals surface area contributed by atoms with Crippen LogP contribution in [0.25, 0.3) is 94.6 Å². The fraction of sp³-hybridized carbons (Fsp3) is 0.0196. The molecule has 3 nitrogen and oxygen atoms in total. The van der Waals surface area contributed by atoms with Gasteiger partial charge in [-0.15, -0.1) is 0 Å². The van der Waals surface area contributed by atoms with E-state index in [1.807, 2.05) is 12.1 Å². The first-order valence-corrected chi connectivity index (χ1v) is 18.5. The molecule has 11 rings (SSSR count). The molecule has 10 aromatic rings. The number of benzene rings is 8. The summed E-state index contributed by atoms with van der Waals surface area (Å²) in [6, 6.07) is 63.0. The molecule has 0 unspecified atom stereocenters. The number of nitrogens with two attached hydrogens (primary N) is 1. The third-order valence-electron chi connectivity index (χ3n) is 11.2. The van der Waals surface area contributed by atoms with Gasteiger partial charge in [-0.3, -0.25) is 0 Å². The minimum absolute atomic E-state index is 0.759. The minimum Gasteiger partial charge on any atom is -0.456 e. The van der Waals surface area contributed by atoms with E-state index in [2.05, 4.69) is 174 Å². The summed E-state index contributed by atoms with van der Waals surface area (Å²) in [7, 11) is 0. The van der Waals surface area contributed by atoms with Crippen LogP contribution in [-0.2, 0) is 6.42 Å². The summed E-state index contributed by atoms with van der Waals surface area (Å²) in [6.07, 6.45) is 3.07. The summed E-state index contributed by atoms with van der Waals surface area (Å²) < 4.78 is 8.52. The molecule has 1 aliphatic carbocycles. The number of furan rings is 1. The second-order valence-corrected chi connectivity index (χ2v) is 14.3. The van der Waals surface area contributed by atoms with Gasteiger partial charge in [-0.05, 0) is 129 Å². The van der Waals surface area contributed by atoms with Crippen LogP contribution >= 0.6 is 0 Å². The van der Waals surface area contributed by atoms with E-state index in [1.54, 1.807) is 0 Å². The Hall–Kier alpha value is -7.10. The molecule has 2 aromatic heterocycles. The second-order valence-electron chi connectivity index (χ2n) is 14.3. The van der Waals surface area contributed by atoms with Gasteiger partial charge in [0.05, 0.1) is 11.0 Å². The van der Waals surface area contributed by atoms with E-state index < -0.39 is 0 Å². The van der Waals surface area contributed by atoms with Crippen LogP contribution in [0.5, 0.6) is 0 Å². The van der Waals surface area contributed by atoms with Crippen molar-refractivity contribution in [3.63, 3.8) is 0 Å². The zero-order valence-electron chi connectivity index (χ0n) is 29.5. The minimum atomic E-state index is 0.759. The number of rotatable bonds is 5. The van der Waals surface area contributed by atoms with E-state index >= 15 is 0 Å². The molecule has 0 bridgehead atoms. The van der Waals surface area contributed by atoms with Crippen molar-refractivity contribution >= 4 is 55.5 Å². The molecule has 2 heterocycles. The molecule has 54 heavy (non-hydrogen) atoms. The third kappa shape index (κ3) is 4.83. The van der Waals surface area contributed by atoms with Gasteiger partial charge in [0.2, 0.25) is 0 Å². The van der Waals surface area contributed by atoms with Crippen molar-refractivity contribution in [2.24, 2.45) is 5.73 Å². The first kappa shape index (κ1) is 30.5. The van der Waals surface area contributed by atoms with Crippen LogP contribution in [-0.4, -0.2) is 4.57 Å². The van der Waals surface area contributed by atoms with Crippen LogP contribution in [0, 0.1) is 0 Å². The van der Waals surface area contributed by atoms with Crippen molar-refractivity contribution in [1.82, 2.24) is 4.57 Å². The van der Waals surface area contributed by atoms with Crippen molar-refractivity contribution in [2.75, 3.05) is 0 Å². The Bertz CT molecular complexity index is 3140. The Balaban J connectivity index is 1.02. The molecular formula is C51H34N2O. The van der Waals surface area contributed by atoms with Crippen molar-refractivity contribution in [3.05, 3.63) is 198 Å². The van der Waals surface area contributed by atoms with E-state index in [0.29, 0.717) is 0 Å². The number of aromatic nitrogens is 1. The molecule has 0 spiro atoms. The van der Waals surface area contributed by atoms with E-state index in [9.17, 15) is 0 Å². The van der Waals surface area contributed by atoms with Crippen molar-refractivity contribution in [1.29, 1.82) is 0 Å². The SMILES string of the molecule is N/C(=C\c1cccc2c1Cc1ccccc1-2)c1cccc(-c2ccc3c(c2)c2cc(-c4ccc5oc6ccccc6c5c4)ccc2n3-c2ccccc2)c1. The topological polar surface area (TPSA) is 44.1 Å². The highest BCUT2D eigenvalue weighted by atomic mass is 16.3. The van der Waals surface area contributed by atoms with E-state index in [1.165, 1.54) is 55.2 Å². The average Bonchev–Trinajstić information content (AvgIpc) is 3.90. The summed E-state index contributed by atoms with van der Waals surface area (Å²) in [4.78, 5) is 0. The Labute approximate surface area is 312 Å². The Morgan fingerprint density at radius 3 is 1.94 bits per heavy atom. The van der Waals surface area contributed by atoms with Gasteiger partial charge in [-0.2, -0.15) is 0 Å². The molecular weight excluding hydrogens is 657 g/mol. The van der Waals surface area contributed by atoms with Crippen LogP contribution in [0.15, 0.2) is 180 Å². The summed E-state index contributed by atoms with van der Waals surface area (Å²) in [5, 5.41) is 4.68. The number of fused-ring (bicyclic) bond motifs is 9. The first-order valence-electron chi connectivity index (χ1n) is 18.5. The lowest BCUT2D eigenvalue weighted by molar-refractivity contribution is 0.669. The molecule has 0 atom stereocenters. The Morgan fingerprint density at radius 2 is 1.13 bits per heavy atom. The molecule has 0 fully saturated rings. The maximum Gasteiger partial charge on any atom is 0.135 e. The van der Waals surface area contributed by atoms with Gasteiger partial charge < -0.3 is 14.7 Å². The Morgan fingerprint density at radius 1 is 0.500 bits per heavy atom. The molecule has 0 saturated carbocycles. The fourth-order valence-corrected chi connectivity index (χ4v) is 8.59. The predicted molar refractivity (Wildman–Crippen MR) is 226 cm³/mol. The van der Waals surface area contributed by atoms with Crippen LogP contribution in [0.1, 0.15) is 22.3 Å². The normalized spacial score (nSPS) is 12.6. The van der Waals surface area contributed by atoms with E-state index in [0.717, 1.165) is 62.0 Å². The summed E-state index contributed by atoms with van der Waals surface area (Å²) >= 11 is 0. The molecule has 0 saturated heterocycles. The first-order chi connectivity index (χ1) is 26.7. The number of nitrogens with zero attached hydrogens (tertiary/aromatic N) is 1. The fourth-order valence-electron chi connectivity index (χ4n) is 8.59. The van der Waals surface area contributed by atoms with Gasteiger partial charge in [-0.25, -0.2) is 0 Å². The molecule has 3 heteroatoms. The zero-order valence-corrected chi connectivity index (χ0v) is 29.5. The van der Waals surface area contributed by atoms with Crippen LogP contribution < -0.4 is 5.73 Å². The van der Waals surface area contributed by atoms with Crippen LogP contribution in [0.4, 0.5) is 0 Å². The lowest BCUT2D eigenvalue weighted by Gasteiger charge is -2.10. The molecule has 1 aliphatic rings. The van der Waals surface area contributed by atoms with Gasteiger partial charge in [0, 0.05) is 32.9 Å². The quantitative estimate of drug-likeness (QED) is 0.183. The van der Waals surface area contributed by atoms with Gasteiger partial charge in [0.15, 0.2) is 0 Å². The highest BCUT2D eigenvalue weighted by molar-refractivity contribution is 6.12. The number of para-hydroxylation sites is 2. The average molecular weight is 691 g/mol. The lowest BCUT2D eigenvalue weighted by Crippen LogP contribution is -1.98. The smallest absolute Gasteiger partial charge is 0.135 e. The van der Waals surface area contributed by atoms with Crippen molar-refractivity contribution < 1.29 is 4.42 Å². The predicted octanol–water partition coefficient (Wildman–Crippen LogP) is 13.0. The highest BCUT2D eigenvalue weighted by Gasteiger charge is 2.20. The van der Waals surface area contributed by atoms with Crippen molar-refractivity contribution in [2.45, 2.75) is 6.42 Å². The van der Waals surface area contributed by atoms with E-state index in [-0.39, 0.29) is 0 Å². The third-order valence-corrected chi connectivity index (χ3v) is 11.2. The summed E-state index contributed by atoms with van der Waals surface area (Å²) in [5.74, 6) is 0. The molecule has 2 N–H and O–H groups in total. The molecule has 0 amide bonds. The largest absolute Gasteiger partial charge is 0.456 e. The van der Waals surface area contributed by atoms with Gasteiger partial charge >= 0.3 is 0 Å². The van der Waals surface area contributed by atoms with Gasteiger partial charge in [-0.1, -0.05) is 115 Å².